The molecule has 0 N–H and O–H groups in total. The lowest BCUT2D eigenvalue weighted by atomic mass is 10.0. The first-order chi connectivity index (χ1) is 7.88. The van der Waals surface area contributed by atoms with Gasteiger partial charge in [-0.25, -0.2) is 8.42 Å². The minimum Gasteiger partial charge on any atom is -0.252 e. The molecule has 0 saturated heterocycles. The molecule has 1 heterocycles. The van der Waals surface area contributed by atoms with Gasteiger partial charge in [-0.2, -0.15) is 0 Å². The molecule has 3 nitrogen and oxygen atoms in total. The predicted octanol–water partition coefficient (Wildman–Crippen LogP) is 2.92. The predicted molar refractivity (Wildman–Crippen MR) is 78.0 cm³/mol. The molecule has 0 fully saturated rings. The average molecular weight is 384 g/mol. The van der Waals surface area contributed by atoms with Crippen molar-refractivity contribution in [2.75, 3.05) is 0 Å². The minimum atomic E-state index is -3.47. The molecule has 0 bridgehead atoms. The van der Waals surface area contributed by atoms with Crippen LogP contribution in [0.4, 0.5) is 0 Å². The van der Waals surface area contributed by atoms with E-state index in [4.69, 9.17) is 11.6 Å². The summed E-state index contributed by atoms with van der Waals surface area (Å²) >= 11 is 7.98. The maximum absolute atomic E-state index is 12.5. The highest BCUT2D eigenvalue weighted by Gasteiger charge is 2.44. The van der Waals surface area contributed by atoms with Crippen LogP contribution >= 0.6 is 34.2 Å². The van der Waals surface area contributed by atoms with Crippen LogP contribution in [-0.4, -0.2) is 21.1 Å². The van der Waals surface area contributed by atoms with Crippen molar-refractivity contribution in [1.82, 2.24) is 3.97 Å². The van der Waals surface area contributed by atoms with Crippen LogP contribution in [0, 0.1) is 0 Å². The van der Waals surface area contributed by atoms with Gasteiger partial charge in [-0.05, 0) is 25.1 Å². The molecule has 6 heteroatoms. The standard InChI is InChI=1S/C11H11ClINO2S/c1-11(5-4-9(12)8-10(11)13)17(15,16)14-6-2-3-7-14/h2-8,10H,1H3. The summed E-state index contributed by atoms with van der Waals surface area (Å²) in [4.78, 5) is 0. The van der Waals surface area contributed by atoms with Crippen LogP contribution in [0.25, 0.3) is 0 Å². The molecule has 2 rings (SSSR count). The van der Waals surface area contributed by atoms with E-state index in [-0.39, 0.29) is 3.92 Å². The zero-order chi connectivity index (χ0) is 12.7. The fourth-order valence-electron chi connectivity index (χ4n) is 1.63. The lowest BCUT2D eigenvalue weighted by Crippen LogP contribution is -2.45. The first kappa shape index (κ1) is 13.2. The van der Waals surface area contributed by atoms with E-state index in [0.717, 1.165) is 0 Å². The summed E-state index contributed by atoms with van der Waals surface area (Å²) < 4.78 is 25.1. The molecule has 1 aliphatic carbocycles. The van der Waals surface area contributed by atoms with E-state index in [1.807, 2.05) is 0 Å². The molecule has 0 saturated carbocycles. The number of nitrogens with zero attached hydrogens (tertiary/aromatic N) is 1. The van der Waals surface area contributed by atoms with Crippen molar-refractivity contribution in [1.29, 1.82) is 0 Å². The van der Waals surface area contributed by atoms with Crippen LogP contribution in [0.3, 0.4) is 0 Å². The molecule has 1 aromatic rings. The van der Waals surface area contributed by atoms with Crippen molar-refractivity contribution in [2.24, 2.45) is 0 Å². The first-order valence-electron chi connectivity index (χ1n) is 4.96. The zero-order valence-electron chi connectivity index (χ0n) is 9.05. The lowest BCUT2D eigenvalue weighted by Gasteiger charge is -2.31. The van der Waals surface area contributed by atoms with Gasteiger partial charge in [0.25, 0.3) is 0 Å². The van der Waals surface area contributed by atoms with E-state index in [2.05, 4.69) is 22.6 Å². The first-order valence-corrected chi connectivity index (χ1v) is 8.03. The number of aromatic nitrogens is 1. The second-order valence-electron chi connectivity index (χ2n) is 3.99. The summed E-state index contributed by atoms with van der Waals surface area (Å²) in [5.41, 5.74) is 0. The van der Waals surface area contributed by atoms with Crippen molar-refractivity contribution in [2.45, 2.75) is 15.6 Å². The molecule has 0 radical (unpaired) electrons. The number of hydrogen-bond donors (Lipinski definition) is 0. The molecule has 0 spiro atoms. The fourth-order valence-corrected chi connectivity index (χ4v) is 5.10. The van der Waals surface area contributed by atoms with Crippen LogP contribution in [0.1, 0.15) is 6.92 Å². The summed E-state index contributed by atoms with van der Waals surface area (Å²) in [6.07, 6.45) is 8.12. The van der Waals surface area contributed by atoms with Crippen LogP contribution < -0.4 is 0 Å². The second kappa shape index (κ2) is 4.44. The quantitative estimate of drug-likeness (QED) is 0.582. The highest BCUT2D eigenvalue weighted by molar-refractivity contribution is 14.1. The van der Waals surface area contributed by atoms with E-state index < -0.39 is 14.8 Å². The van der Waals surface area contributed by atoms with Gasteiger partial charge >= 0.3 is 0 Å². The topological polar surface area (TPSA) is 39.1 Å². The molecule has 1 aromatic heterocycles. The molecule has 0 amide bonds. The Morgan fingerprint density at radius 2 is 2.00 bits per heavy atom. The summed E-state index contributed by atoms with van der Waals surface area (Å²) in [6.45, 7) is 1.70. The zero-order valence-corrected chi connectivity index (χ0v) is 12.8. The molecule has 2 atom stereocenters. The Morgan fingerprint density at radius 1 is 1.41 bits per heavy atom. The molecule has 92 valence electrons. The minimum absolute atomic E-state index is 0.204. The molecule has 0 aromatic carbocycles. The van der Waals surface area contributed by atoms with Gasteiger partial charge in [-0.3, -0.25) is 3.97 Å². The lowest BCUT2D eigenvalue weighted by molar-refractivity contribution is 0.558. The van der Waals surface area contributed by atoms with Gasteiger partial charge in [-0.1, -0.05) is 46.3 Å². The fraction of sp³-hybridized carbons (Fsp3) is 0.273. The number of hydrogen-bond acceptors (Lipinski definition) is 2. The normalized spacial score (nSPS) is 29.1. The molecule has 0 aliphatic heterocycles. The van der Waals surface area contributed by atoms with Crippen LogP contribution in [0.5, 0.6) is 0 Å². The van der Waals surface area contributed by atoms with E-state index >= 15 is 0 Å². The SMILES string of the molecule is CC1(S(=O)(=O)n2cccc2)C=CC(Cl)=CC1I. The molecule has 17 heavy (non-hydrogen) atoms. The Morgan fingerprint density at radius 3 is 2.53 bits per heavy atom. The summed E-state index contributed by atoms with van der Waals surface area (Å²) in [7, 11) is -3.47. The molecule has 2 unspecified atom stereocenters. The van der Waals surface area contributed by atoms with Crippen LogP contribution in [0.2, 0.25) is 0 Å². The molecular weight excluding hydrogens is 373 g/mol. The summed E-state index contributed by atoms with van der Waals surface area (Å²) in [6, 6.07) is 3.39. The number of rotatable bonds is 2. The van der Waals surface area contributed by atoms with Gasteiger partial charge in [0.05, 0.1) is 3.92 Å². The van der Waals surface area contributed by atoms with E-state index in [0.29, 0.717) is 5.03 Å². The van der Waals surface area contributed by atoms with Crippen molar-refractivity contribution in [3.8, 4) is 0 Å². The van der Waals surface area contributed by atoms with Crippen LogP contribution in [0.15, 0.2) is 47.8 Å². The van der Waals surface area contributed by atoms with Crippen molar-refractivity contribution < 1.29 is 8.42 Å². The molecular formula is C11H11ClINO2S. The third-order valence-corrected chi connectivity index (χ3v) is 7.47. The Labute approximate surface area is 119 Å². The number of alkyl halides is 1. The van der Waals surface area contributed by atoms with Gasteiger partial charge in [0.2, 0.25) is 10.0 Å². The van der Waals surface area contributed by atoms with Gasteiger partial charge in [0.15, 0.2) is 0 Å². The van der Waals surface area contributed by atoms with Crippen molar-refractivity contribution in [3.05, 3.63) is 47.8 Å². The van der Waals surface area contributed by atoms with Gasteiger partial charge < -0.3 is 0 Å². The van der Waals surface area contributed by atoms with Crippen molar-refractivity contribution in [3.63, 3.8) is 0 Å². The van der Waals surface area contributed by atoms with E-state index in [1.54, 1.807) is 37.3 Å². The van der Waals surface area contributed by atoms with Gasteiger partial charge in [0, 0.05) is 17.4 Å². The maximum Gasteiger partial charge on any atom is 0.248 e. The van der Waals surface area contributed by atoms with E-state index in [9.17, 15) is 8.42 Å². The number of halogens is 2. The monoisotopic (exact) mass is 383 g/mol. The van der Waals surface area contributed by atoms with E-state index in [1.165, 1.54) is 16.4 Å². The highest BCUT2D eigenvalue weighted by Crippen LogP contribution is 2.36. The largest absolute Gasteiger partial charge is 0.252 e. The highest BCUT2D eigenvalue weighted by atomic mass is 127. The van der Waals surface area contributed by atoms with Crippen LogP contribution in [-0.2, 0) is 10.0 Å². The Kier molecular flexibility index (Phi) is 3.44. The Balaban J connectivity index is 2.52. The third-order valence-electron chi connectivity index (χ3n) is 2.84. The second-order valence-corrected chi connectivity index (χ2v) is 8.02. The summed E-state index contributed by atoms with van der Waals surface area (Å²) in [5.74, 6) is 0. The van der Waals surface area contributed by atoms with Gasteiger partial charge in [0.1, 0.15) is 4.75 Å². The Hall–Kier alpha value is -0.270. The molecule has 1 aliphatic rings. The Bertz CT molecular complexity index is 577. The third kappa shape index (κ3) is 2.08. The maximum atomic E-state index is 12.5. The average Bonchev–Trinajstić information content (AvgIpc) is 2.77. The number of allylic oxidation sites excluding steroid dienone is 3. The smallest absolute Gasteiger partial charge is 0.248 e. The van der Waals surface area contributed by atoms with Crippen molar-refractivity contribution >= 4 is 44.2 Å². The summed E-state index contributed by atoms with van der Waals surface area (Å²) in [5, 5.41) is 0.574. The van der Waals surface area contributed by atoms with Gasteiger partial charge in [-0.15, -0.1) is 0 Å².